The summed E-state index contributed by atoms with van der Waals surface area (Å²) in [6.45, 7) is 2.53. The van der Waals surface area contributed by atoms with Crippen LogP contribution in [0.3, 0.4) is 0 Å². The molecule has 0 saturated heterocycles. The fourth-order valence-corrected chi connectivity index (χ4v) is 14.3. The zero-order chi connectivity index (χ0) is 86.5. The van der Waals surface area contributed by atoms with Crippen molar-refractivity contribution in [1.82, 2.24) is 0 Å². The van der Waals surface area contributed by atoms with E-state index in [1.807, 2.05) is 0 Å². The number of hydrogen-bond donors (Lipinski definition) is 4. The molecule has 682 valence electrons. The van der Waals surface area contributed by atoms with Gasteiger partial charge >= 0.3 is 33.6 Å². The Bertz CT molecular complexity index is 2840. The summed E-state index contributed by atoms with van der Waals surface area (Å²) < 4.78 is 61.5. The minimum atomic E-state index is -4.95. The lowest BCUT2D eigenvalue weighted by molar-refractivity contribution is -0.161. The SMILES string of the molecule is CC/C=C\C/C=C\C/C=C\C/C=C\C/C=C\C/C=C\CCCCCCCCCCCCCCCCCCC(=O)OCC(O)COP(=O)(O)OCC(O)COP(=O)(O)OCC(COC(=O)CCCCCCCCCCCCC/C=C\C/C=C\C/C=C\C/C=C\CCCCC)OC(=O)CCCCCCC/C=C\C/C=C\C/C=C\C/C=C\CCCCC. The maximum Gasteiger partial charge on any atom is 0.472 e. The van der Waals surface area contributed by atoms with E-state index in [4.69, 9.17) is 32.3 Å². The Labute approximate surface area is 726 Å². The minimum Gasteiger partial charge on any atom is -0.463 e. The lowest BCUT2D eigenvalue weighted by Crippen LogP contribution is -2.30. The van der Waals surface area contributed by atoms with Gasteiger partial charge in [-0.15, -0.1) is 0 Å². The van der Waals surface area contributed by atoms with Gasteiger partial charge in [-0.2, -0.15) is 0 Å². The number of unbranched alkanes of at least 4 members (excludes halogenated alkanes) is 38. The first-order valence-electron chi connectivity index (χ1n) is 47.4. The van der Waals surface area contributed by atoms with E-state index in [0.29, 0.717) is 19.3 Å². The van der Waals surface area contributed by atoms with Gasteiger partial charge in [0.1, 0.15) is 25.4 Å². The molecule has 5 atom stereocenters. The Kier molecular flexibility index (Phi) is 88.2. The molecule has 0 spiro atoms. The molecule has 16 nitrogen and oxygen atoms in total. The maximum atomic E-state index is 13.1. The summed E-state index contributed by atoms with van der Waals surface area (Å²) in [6.07, 6.45) is 120. The average Bonchev–Trinajstić information content (AvgIpc) is 0.905. The monoisotopic (exact) mass is 1700 g/mol. The van der Waals surface area contributed by atoms with Gasteiger partial charge in [0, 0.05) is 19.3 Å². The molecule has 119 heavy (non-hydrogen) atoms. The highest BCUT2D eigenvalue weighted by atomic mass is 31.2. The van der Waals surface area contributed by atoms with E-state index < -0.39 is 91.5 Å². The van der Waals surface area contributed by atoms with Crippen LogP contribution in [-0.2, 0) is 55.8 Å². The molecule has 5 unspecified atom stereocenters. The average molecular weight is 1700 g/mol. The fourth-order valence-electron chi connectivity index (χ4n) is 12.7. The van der Waals surface area contributed by atoms with Gasteiger partial charge in [0.2, 0.25) is 0 Å². The lowest BCUT2D eigenvalue weighted by Gasteiger charge is -2.21. The van der Waals surface area contributed by atoms with Crippen LogP contribution >= 0.6 is 15.6 Å². The number of esters is 3. The number of phosphoric ester groups is 2. The Hall–Kier alpha value is -5.09. The van der Waals surface area contributed by atoms with Gasteiger partial charge in [0.05, 0.1) is 26.4 Å². The fraction of sp³-hybridized carbons (Fsp3) is 0.693. The molecule has 0 aromatic heterocycles. The Balaban J connectivity index is 4.56. The lowest BCUT2D eigenvalue weighted by atomic mass is 10.0. The summed E-state index contributed by atoms with van der Waals surface area (Å²) >= 11 is 0. The molecule has 0 bridgehead atoms. The molecule has 0 fully saturated rings. The Morgan fingerprint density at radius 1 is 0.244 bits per heavy atom. The molecule has 0 aromatic carbocycles. The molecule has 0 heterocycles. The van der Waals surface area contributed by atoms with Crippen LogP contribution in [0.2, 0.25) is 0 Å². The van der Waals surface area contributed by atoms with Gasteiger partial charge in [-0.1, -0.05) is 384 Å². The van der Waals surface area contributed by atoms with Crippen molar-refractivity contribution < 1.29 is 75.8 Å². The second-order valence-corrected chi connectivity index (χ2v) is 34.3. The smallest absolute Gasteiger partial charge is 0.463 e. The van der Waals surface area contributed by atoms with Gasteiger partial charge in [-0.25, -0.2) is 9.13 Å². The van der Waals surface area contributed by atoms with Crippen LogP contribution in [0.1, 0.15) is 393 Å². The van der Waals surface area contributed by atoms with Crippen LogP contribution in [-0.4, -0.2) is 95.9 Å². The van der Waals surface area contributed by atoms with Crippen LogP contribution < -0.4 is 0 Å². The van der Waals surface area contributed by atoms with Crippen LogP contribution in [0.15, 0.2) is 170 Å². The zero-order valence-electron chi connectivity index (χ0n) is 75.2. The van der Waals surface area contributed by atoms with Gasteiger partial charge in [0.15, 0.2) is 6.10 Å². The summed E-state index contributed by atoms with van der Waals surface area (Å²) in [5.74, 6) is -1.59. The number of ether oxygens (including phenoxy) is 3. The minimum absolute atomic E-state index is 0.0795. The molecule has 4 N–H and O–H groups in total. The number of phosphoric acid groups is 2. The van der Waals surface area contributed by atoms with Crippen molar-refractivity contribution in [2.24, 2.45) is 0 Å². The third-order valence-corrected chi connectivity index (χ3v) is 21.8. The highest BCUT2D eigenvalue weighted by Crippen LogP contribution is 2.45. The third kappa shape index (κ3) is 93.5. The summed E-state index contributed by atoms with van der Waals surface area (Å²) in [7, 11) is -9.82. The molecule has 0 saturated carbocycles. The number of rotatable bonds is 89. The first kappa shape index (κ1) is 114. The van der Waals surface area contributed by atoms with Gasteiger partial charge in [-0.3, -0.25) is 32.5 Å². The highest BCUT2D eigenvalue weighted by Gasteiger charge is 2.29. The van der Waals surface area contributed by atoms with E-state index in [1.54, 1.807) is 0 Å². The number of aliphatic hydroxyl groups is 2. The van der Waals surface area contributed by atoms with Gasteiger partial charge in [0.25, 0.3) is 0 Å². The standard InChI is InChI=1S/C101H172O16P2/c1-4-7-10-13-16-19-22-25-28-31-34-37-39-41-43-44-45-46-47-48-49-50-52-54-55-58-60-63-66-69-72-75-78-81-84-87-99(104)111-90-96(102)91-113-118(107,108)114-92-97(103)93-115-119(109,110)116-95-98(117-101(106)89-86-83-80-77-74-71-68-65-62-57-36-33-30-27-24-21-18-15-12-9-6-3)94-112-100(105)88-85-82-79-76-73-70-67-64-61-59-56-53-51-42-40-38-35-32-29-26-23-20-17-14-11-8-5-2/h7,10,16-21,25-30,34-38,41-43,45-46,51,57,65,68,96-98,102-103H,4-6,8-9,11-15,22-24,31-33,39-40,44,47-50,52-56,58-64,66-67,69-95H2,1-3H3,(H,107,108)(H,109,110)/b10-7-,19-16-,20-17-,21-18-,28-25-,29-26-,30-27-,37-34-,38-35-,43-41-,46-45-,51-42-,57-36-,68-65-. The van der Waals surface area contributed by atoms with Crippen molar-refractivity contribution >= 4 is 33.6 Å². The molecular formula is C101H172O16P2. The molecule has 0 radical (unpaired) electrons. The molecular weight excluding hydrogens is 1530 g/mol. The van der Waals surface area contributed by atoms with Crippen molar-refractivity contribution in [1.29, 1.82) is 0 Å². The molecule has 0 amide bonds. The first-order valence-corrected chi connectivity index (χ1v) is 50.4. The van der Waals surface area contributed by atoms with Gasteiger partial charge < -0.3 is 34.2 Å². The molecule has 0 aliphatic carbocycles. The van der Waals surface area contributed by atoms with Gasteiger partial charge in [-0.05, 0) is 161 Å². The number of carbonyl (C=O) groups is 3. The Morgan fingerprint density at radius 3 is 0.706 bits per heavy atom. The number of carbonyl (C=O) groups excluding carboxylic acids is 3. The molecule has 0 aliphatic heterocycles. The topological polar surface area (TPSA) is 231 Å². The number of hydrogen-bond acceptors (Lipinski definition) is 14. The Morgan fingerprint density at radius 2 is 0.445 bits per heavy atom. The van der Waals surface area contributed by atoms with E-state index in [2.05, 4.69) is 191 Å². The number of aliphatic hydroxyl groups excluding tert-OH is 2. The first-order chi connectivity index (χ1) is 58.2. The van der Waals surface area contributed by atoms with Crippen molar-refractivity contribution in [2.75, 3.05) is 39.6 Å². The predicted octanol–water partition coefficient (Wildman–Crippen LogP) is 29.4. The molecule has 0 aromatic rings. The van der Waals surface area contributed by atoms with E-state index in [9.17, 15) is 43.5 Å². The number of allylic oxidation sites excluding steroid dienone is 28. The van der Waals surface area contributed by atoms with Crippen molar-refractivity contribution in [2.45, 2.75) is 411 Å². The van der Waals surface area contributed by atoms with Crippen LogP contribution in [0.5, 0.6) is 0 Å². The van der Waals surface area contributed by atoms with Crippen molar-refractivity contribution in [3.05, 3.63) is 170 Å². The van der Waals surface area contributed by atoms with E-state index >= 15 is 0 Å². The van der Waals surface area contributed by atoms with Crippen LogP contribution in [0, 0.1) is 0 Å². The van der Waals surface area contributed by atoms with E-state index in [0.717, 1.165) is 167 Å². The summed E-state index contributed by atoms with van der Waals surface area (Å²) in [6, 6.07) is 0. The summed E-state index contributed by atoms with van der Waals surface area (Å²) in [5.41, 5.74) is 0. The highest BCUT2D eigenvalue weighted by molar-refractivity contribution is 7.47. The molecule has 0 rings (SSSR count). The summed E-state index contributed by atoms with van der Waals surface area (Å²) in [5, 5.41) is 20.7. The second-order valence-electron chi connectivity index (χ2n) is 31.4. The maximum absolute atomic E-state index is 13.1. The molecule has 0 aliphatic rings. The second kappa shape index (κ2) is 92.1. The quantitative estimate of drug-likeness (QED) is 0.0146. The van der Waals surface area contributed by atoms with Crippen molar-refractivity contribution in [3.63, 3.8) is 0 Å². The summed E-state index contributed by atoms with van der Waals surface area (Å²) in [4.78, 5) is 59.0. The van der Waals surface area contributed by atoms with Crippen molar-refractivity contribution in [3.8, 4) is 0 Å². The van der Waals surface area contributed by atoms with Crippen LogP contribution in [0.4, 0.5) is 0 Å². The largest absolute Gasteiger partial charge is 0.472 e. The van der Waals surface area contributed by atoms with E-state index in [1.165, 1.54) is 167 Å². The van der Waals surface area contributed by atoms with E-state index in [-0.39, 0.29) is 19.3 Å². The van der Waals surface area contributed by atoms with Crippen LogP contribution in [0.25, 0.3) is 0 Å². The normalized spacial score (nSPS) is 14.5. The zero-order valence-corrected chi connectivity index (χ0v) is 77.0. The predicted molar refractivity (Wildman–Crippen MR) is 500 cm³/mol. The third-order valence-electron chi connectivity index (χ3n) is 19.9. The molecule has 18 heteroatoms.